The first-order valence-corrected chi connectivity index (χ1v) is 9.19. The maximum Gasteiger partial charge on any atom is 0.256 e. The van der Waals surface area contributed by atoms with Crippen molar-refractivity contribution in [1.29, 1.82) is 0 Å². The molecule has 0 spiro atoms. The summed E-state index contributed by atoms with van der Waals surface area (Å²) in [6.07, 6.45) is 3.07. The van der Waals surface area contributed by atoms with Crippen LogP contribution in [0.2, 0.25) is 0 Å². The molecule has 0 radical (unpaired) electrons. The molecule has 2 heterocycles. The molecule has 0 bridgehead atoms. The smallest absolute Gasteiger partial charge is 0.256 e. The second-order valence-corrected chi connectivity index (χ2v) is 7.12. The molecule has 3 rings (SSSR count). The second kappa shape index (κ2) is 9.46. The fraction of sp³-hybridized carbons (Fsp3) is 0.579. The van der Waals surface area contributed by atoms with Crippen LogP contribution in [-0.4, -0.2) is 60.9 Å². The lowest BCUT2D eigenvalue weighted by Gasteiger charge is -2.37. The Morgan fingerprint density at radius 2 is 1.74 bits per heavy atom. The van der Waals surface area contributed by atoms with Gasteiger partial charge in [0.05, 0.1) is 5.56 Å². The van der Waals surface area contributed by atoms with Gasteiger partial charge in [-0.1, -0.05) is 0 Å². The van der Waals surface area contributed by atoms with Gasteiger partial charge in [0.15, 0.2) is 0 Å². The lowest BCUT2D eigenvalue weighted by molar-refractivity contribution is -0.138. The molecule has 1 aromatic carbocycles. The summed E-state index contributed by atoms with van der Waals surface area (Å²) < 4.78 is 26.8. The quantitative estimate of drug-likeness (QED) is 0.846. The van der Waals surface area contributed by atoms with Crippen LogP contribution in [0.3, 0.4) is 0 Å². The number of rotatable bonds is 3. The SMILES string of the molecule is CN(C(=O)C1CCN(C(=O)c2ccc(F)cc2F)CC1)C1CCNCC1.Cl. The minimum absolute atomic E-state index is 0. The molecule has 2 fully saturated rings. The van der Waals surface area contributed by atoms with Crippen LogP contribution >= 0.6 is 12.4 Å². The van der Waals surface area contributed by atoms with Gasteiger partial charge in [-0.05, 0) is 50.9 Å². The van der Waals surface area contributed by atoms with Crippen LogP contribution < -0.4 is 5.32 Å². The third-order valence-corrected chi connectivity index (χ3v) is 5.50. The number of carbonyl (C=O) groups is 2. The standard InChI is InChI=1S/C19H25F2N3O2.ClH/c1-23(15-4-8-22-9-5-15)18(25)13-6-10-24(11-7-13)19(26)16-3-2-14(20)12-17(16)21;/h2-3,12-13,15,22H,4-11H2,1H3;1H. The molecule has 1 aromatic rings. The van der Waals surface area contributed by atoms with E-state index in [9.17, 15) is 18.4 Å². The van der Waals surface area contributed by atoms with Crippen LogP contribution in [0.25, 0.3) is 0 Å². The predicted molar refractivity (Wildman–Crippen MR) is 101 cm³/mol. The van der Waals surface area contributed by atoms with Crippen LogP contribution in [0.1, 0.15) is 36.0 Å². The summed E-state index contributed by atoms with van der Waals surface area (Å²) in [7, 11) is 1.86. The van der Waals surface area contributed by atoms with E-state index >= 15 is 0 Å². The van der Waals surface area contributed by atoms with Crippen LogP contribution in [0.5, 0.6) is 0 Å². The van der Waals surface area contributed by atoms with E-state index in [1.165, 1.54) is 6.07 Å². The molecule has 0 saturated carbocycles. The Morgan fingerprint density at radius 3 is 2.33 bits per heavy atom. The Bertz CT molecular complexity index is 675. The first-order chi connectivity index (χ1) is 12.5. The summed E-state index contributed by atoms with van der Waals surface area (Å²) in [5, 5.41) is 3.29. The fourth-order valence-corrected chi connectivity index (χ4v) is 3.82. The van der Waals surface area contributed by atoms with E-state index in [-0.39, 0.29) is 35.8 Å². The van der Waals surface area contributed by atoms with E-state index in [1.807, 2.05) is 11.9 Å². The molecule has 27 heavy (non-hydrogen) atoms. The van der Waals surface area contributed by atoms with Gasteiger partial charge in [-0.15, -0.1) is 12.4 Å². The number of hydrogen-bond donors (Lipinski definition) is 1. The van der Waals surface area contributed by atoms with E-state index in [0.717, 1.165) is 38.1 Å². The zero-order valence-electron chi connectivity index (χ0n) is 15.4. The number of halogens is 3. The van der Waals surface area contributed by atoms with Crippen molar-refractivity contribution in [3.8, 4) is 0 Å². The van der Waals surface area contributed by atoms with Crippen LogP contribution in [0, 0.1) is 17.6 Å². The van der Waals surface area contributed by atoms with Crippen molar-refractivity contribution in [3.63, 3.8) is 0 Å². The van der Waals surface area contributed by atoms with E-state index in [2.05, 4.69) is 5.32 Å². The zero-order valence-corrected chi connectivity index (χ0v) is 16.2. The average Bonchev–Trinajstić information content (AvgIpc) is 2.67. The fourth-order valence-electron chi connectivity index (χ4n) is 3.82. The van der Waals surface area contributed by atoms with Crippen molar-refractivity contribution < 1.29 is 18.4 Å². The predicted octanol–water partition coefficient (Wildman–Crippen LogP) is 2.45. The number of amides is 2. The van der Waals surface area contributed by atoms with Gasteiger partial charge in [0.2, 0.25) is 5.91 Å². The molecule has 2 amide bonds. The molecular weight excluding hydrogens is 376 g/mol. The normalized spacial score (nSPS) is 18.7. The molecule has 2 saturated heterocycles. The highest BCUT2D eigenvalue weighted by molar-refractivity contribution is 5.94. The summed E-state index contributed by atoms with van der Waals surface area (Å²) in [6.45, 7) is 2.68. The highest BCUT2D eigenvalue weighted by atomic mass is 35.5. The van der Waals surface area contributed by atoms with Gasteiger partial charge < -0.3 is 15.1 Å². The third-order valence-electron chi connectivity index (χ3n) is 5.50. The molecule has 150 valence electrons. The van der Waals surface area contributed by atoms with Gasteiger partial charge in [-0.25, -0.2) is 8.78 Å². The molecule has 0 unspecified atom stereocenters. The number of hydrogen-bond acceptors (Lipinski definition) is 3. The van der Waals surface area contributed by atoms with Crippen molar-refractivity contribution >= 4 is 24.2 Å². The van der Waals surface area contributed by atoms with Gasteiger partial charge >= 0.3 is 0 Å². The largest absolute Gasteiger partial charge is 0.342 e. The Kier molecular flexibility index (Phi) is 7.56. The summed E-state index contributed by atoms with van der Waals surface area (Å²) in [6, 6.07) is 3.25. The van der Waals surface area contributed by atoms with Gasteiger partial charge in [0, 0.05) is 38.2 Å². The number of nitrogens with zero attached hydrogens (tertiary/aromatic N) is 2. The monoisotopic (exact) mass is 401 g/mol. The number of nitrogens with one attached hydrogen (secondary N) is 1. The van der Waals surface area contributed by atoms with E-state index in [0.29, 0.717) is 25.9 Å². The highest BCUT2D eigenvalue weighted by Crippen LogP contribution is 2.24. The van der Waals surface area contributed by atoms with Crippen molar-refractivity contribution in [2.75, 3.05) is 33.2 Å². The van der Waals surface area contributed by atoms with Gasteiger partial charge in [-0.3, -0.25) is 9.59 Å². The lowest BCUT2D eigenvalue weighted by atomic mass is 9.93. The van der Waals surface area contributed by atoms with E-state index < -0.39 is 17.5 Å². The van der Waals surface area contributed by atoms with Gasteiger partial charge in [-0.2, -0.15) is 0 Å². The number of likely N-dealkylation sites (tertiary alicyclic amines) is 1. The first-order valence-electron chi connectivity index (χ1n) is 9.19. The van der Waals surface area contributed by atoms with Crippen LogP contribution in [0.15, 0.2) is 18.2 Å². The summed E-state index contributed by atoms with van der Waals surface area (Å²) in [5.41, 5.74) is -0.122. The van der Waals surface area contributed by atoms with Crippen LogP contribution in [0.4, 0.5) is 8.78 Å². The molecule has 1 N–H and O–H groups in total. The Morgan fingerprint density at radius 1 is 1.11 bits per heavy atom. The molecule has 5 nitrogen and oxygen atoms in total. The van der Waals surface area contributed by atoms with Gasteiger partial charge in [0.25, 0.3) is 5.91 Å². The van der Waals surface area contributed by atoms with E-state index in [1.54, 1.807) is 4.90 Å². The van der Waals surface area contributed by atoms with Crippen molar-refractivity contribution in [1.82, 2.24) is 15.1 Å². The van der Waals surface area contributed by atoms with E-state index in [4.69, 9.17) is 0 Å². The summed E-state index contributed by atoms with van der Waals surface area (Å²) in [5.74, 6) is -1.96. The summed E-state index contributed by atoms with van der Waals surface area (Å²) >= 11 is 0. The average molecular weight is 402 g/mol. The molecule has 0 aliphatic carbocycles. The number of carbonyl (C=O) groups excluding carboxylic acids is 2. The second-order valence-electron chi connectivity index (χ2n) is 7.12. The highest BCUT2D eigenvalue weighted by Gasteiger charge is 2.32. The maximum atomic E-state index is 13.8. The summed E-state index contributed by atoms with van der Waals surface area (Å²) in [4.78, 5) is 28.6. The molecule has 0 aromatic heterocycles. The number of piperidine rings is 2. The van der Waals surface area contributed by atoms with Crippen molar-refractivity contribution in [2.45, 2.75) is 31.7 Å². The molecular formula is C19H26ClF2N3O2. The zero-order chi connectivity index (χ0) is 18.7. The molecule has 8 heteroatoms. The lowest BCUT2D eigenvalue weighted by Crippen LogP contribution is -2.48. The molecule has 2 aliphatic heterocycles. The molecule has 2 aliphatic rings. The first kappa shape index (κ1) is 21.6. The Hall–Kier alpha value is -1.73. The van der Waals surface area contributed by atoms with Crippen LogP contribution in [-0.2, 0) is 4.79 Å². The topological polar surface area (TPSA) is 52.7 Å². The minimum Gasteiger partial charge on any atom is -0.342 e. The minimum atomic E-state index is -0.848. The van der Waals surface area contributed by atoms with Crippen molar-refractivity contribution in [3.05, 3.63) is 35.4 Å². The molecule has 0 atom stereocenters. The number of benzene rings is 1. The Balaban J connectivity index is 0.00000261. The maximum absolute atomic E-state index is 13.8. The third kappa shape index (κ3) is 4.96. The van der Waals surface area contributed by atoms with Gasteiger partial charge in [0.1, 0.15) is 11.6 Å². The van der Waals surface area contributed by atoms with Crippen molar-refractivity contribution in [2.24, 2.45) is 5.92 Å². The Labute approximate surface area is 164 Å².